The Hall–Kier alpha value is -1.26. The van der Waals surface area contributed by atoms with Crippen molar-refractivity contribution in [2.24, 2.45) is 4.99 Å². The fraction of sp³-hybridized carbons (Fsp3) is 0.333. The SMILES string of the molecule is CCNC(=NCc1ccc(C)cc1SC)NCc1cn2ccsc2n1.I. The number of halogens is 1. The first-order valence-electron chi connectivity index (χ1n) is 8.26. The van der Waals surface area contributed by atoms with E-state index in [-0.39, 0.29) is 24.0 Å². The van der Waals surface area contributed by atoms with E-state index in [1.165, 1.54) is 16.0 Å². The normalized spacial score (nSPS) is 11.4. The summed E-state index contributed by atoms with van der Waals surface area (Å²) in [5.41, 5.74) is 3.54. The fourth-order valence-corrected chi connectivity index (χ4v) is 3.94. The van der Waals surface area contributed by atoms with Crippen molar-refractivity contribution < 1.29 is 0 Å². The molecule has 0 spiro atoms. The van der Waals surface area contributed by atoms with E-state index in [1.807, 2.05) is 22.2 Å². The van der Waals surface area contributed by atoms with Crippen LogP contribution in [0.2, 0.25) is 0 Å². The minimum absolute atomic E-state index is 0. The van der Waals surface area contributed by atoms with Gasteiger partial charge in [-0.2, -0.15) is 0 Å². The maximum absolute atomic E-state index is 4.73. The van der Waals surface area contributed by atoms with Crippen molar-refractivity contribution in [2.45, 2.75) is 31.8 Å². The molecule has 0 aliphatic rings. The summed E-state index contributed by atoms with van der Waals surface area (Å²) in [6.45, 7) is 6.33. The average Bonchev–Trinajstić information content (AvgIpc) is 3.19. The first-order chi connectivity index (χ1) is 12.2. The van der Waals surface area contributed by atoms with E-state index < -0.39 is 0 Å². The Bertz CT molecular complexity index is 843. The van der Waals surface area contributed by atoms with Gasteiger partial charge in [-0.1, -0.05) is 12.1 Å². The van der Waals surface area contributed by atoms with Crippen molar-refractivity contribution in [3.63, 3.8) is 0 Å². The standard InChI is InChI=1S/C18H23N5S2.HI/c1-4-19-17(20-10-14-6-5-13(2)9-16(14)24-3)21-11-15-12-23-7-8-25-18(23)22-15;/h5-9,12H,4,10-11H2,1-3H3,(H2,19,20,21);1H. The van der Waals surface area contributed by atoms with Crippen LogP contribution in [0.5, 0.6) is 0 Å². The minimum Gasteiger partial charge on any atom is -0.357 e. The number of guanidine groups is 1. The van der Waals surface area contributed by atoms with E-state index in [4.69, 9.17) is 4.99 Å². The molecule has 0 saturated heterocycles. The summed E-state index contributed by atoms with van der Waals surface area (Å²) < 4.78 is 2.04. The molecule has 0 unspecified atom stereocenters. The molecule has 0 fully saturated rings. The molecule has 26 heavy (non-hydrogen) atoms. The van der Waals surface area contributed by atoms with Crippen molar-refractivity contribution in [3.05, 3.63) is 52.8 Å². The Morgan fingerprint density at radius 2 is 2.19 bits per heavy atom. The van der Waals surface area contributed by atoms with E-state index in [9.17, 15) is 0 Å². The lowest BCUT2D eigenvalue weighted by atomic mass is 10.1. The summed E-state index contributed by atoms with van der Waals surface area (Å²) in [7, 11) is 0. The number of rotatable bonds is 6. The number of aromatic nitrogens is 2. The number of thioether (sulfide) groups is 1. The second kappa shape index (κ2) is 10.2. The number of aliphatic imine (C=N–C) groups is 1. The van der Waals surface area contributed by atoms with Crippen LogP contribution in [0.3, 0.4) is 0 Å². The second-order valence-electron chi connectivity index (χ2n) is 5.69. The van der Waals surface area contributed by atoms with Gasteiger partial charge in [0.2, 0.25) is 0 Å². The molecule has 0 aliphatic heterocycles. The number of nitrogens with zero attached hydrogens (tertiary/aromatic N) is 3. The number of benzene rings is 1. The van der Waals surface area contributed by atoms with Gasteiger partial charge in [0.15, 0.2) is 10.9 Å². The fourth-order valence-electron chi connectivity index (χ4n) is 2.52. The molecule has 5 nitrogen and oxygen atoms in total. The molecule has 0 amide bonds. The molecule has 2 N–H and O–H groups in total. The summed E-state index contributed by atoms with van der Waals surface area (Å²) in [6, 6.07) is 6.52. The monoisotopic (exact) mass is 501 g/mol. The van der Waals surface area contributed by atoms with Gasteiger partial charge in [-0.3, -0.25) is 4.40 Å². The van der Waals surface area contributed by atoms with E-state index >= 15 is 0 Å². The molecule has 0 radical (unpaired) electrons. The van der Waals surface area contributed by atoms with Crippen molar-refractivity contribution >= 4 is 58.0 Å². The Labute approximate surface area is 179 Å². The number of hydrogen-bond donors (Lipinski definition) is 2. The second-order valence-corrected chi connectivity index (χ2v) is 7.41. The summed E-state index contributed by atoms with van der Waals surface area (Å²) in [5, 5.41) is 8.71. The van der Waals surface area contributed by atoms with Gasteiger partial charge in [-0.25, -0.2) is 9.98 Å². The summed E-state index contributed by atoms with van der Waals surface area (Å²) in [4.78, 5) is 11.6. The summed E-state index contributed by atoms with van der Waals surface area (Å²) >= 11 is 3.41. The van der Waals surface area contributed by atoms with Crippen LogP contribution in [0.15, 0.2) is 45.9 Å². The van der Waals surface area contributed by atoms with Gasteiger partial charge >= 0.3 is 0 Å². The molecule has 3 rings (SSSR count). The van der Waals surface area contributed by atoms with Crippen molar-refractivity contribution in [2.75, 3.05) is 12.8 Å². The van der Waals surface area contributed by atoms with E-state index in [0.717, 1.165) is 23.2 Å². The smallest absolute Gasteiger partial charge is 0.193 e. The van der Waals surface area contributed by atoms with Gasteiger partial charge in [0.1, 0.15) is 0 Å². The van der Waals surface area contributed by atoms with Crippen molar-refractivity contribution in [1.29, 1.82) is 0 Å². The third kappa shape index (κ3) is 5.37. The largest absolute Gasteiger partial charge is 0.357 e. The van der Waals surface area contributed by atoms with Crippen LogP contribution in [0.1, 0.15) is 23.7 Å². The topological polar surface area (TPSA) is 53.7 Å². The number of imidazole rings is 1. The van der Waals surface area contributed by atoms with Gasteiger partial charge in [0.05, 0.1) is 18.8 Å². The van der Waals surface area contributed by atoms with Crippen LogP contribution in [-0.4, -0.2) is 28.1 Å². The molecule has 1 aromatic carbocycles. The molecule has 3 aromatic rings. The Morgan fingerprint density at radius 3 is 2.92 bits per heavy atom. The highest BCUT2D eigenvalue weighted by atomic mass is 127. The number of thiazole rings is 1. The first-order valence-corrected chi connectivity index (χ1v) is 10.4. The molecular weight excluding hydrogens is 477 g/mol. The predicted octanol–water partition coefficient (Wildman–Crippen LogP) is 4.30. The highest BCUT2D eigenvalue weighted by molar-refractivity contribution is 14.0. The van der Waals surface area contributed by atoms with Crippen LogP contribution in [-0.2, 0) is 13.1 Å². The van der Waals surface area contributed by atoms with Gasteiger partial charge < -0.3 is 10.6 Å². The molecule has 8 heteroatoms. The van der Waals surface area contributed by atoms with Crippen LogP contribution < -0.4 is 10.6 Å². The van der Waals surface area contributed by atoms with Gasteiger partial charge in [0, 0.05) is 29.2 Å². The van der Waals surface area contributed by atoms with Gasteiger partial charge in [0.25, 0.3) is 0 Å². The number of aryl methyl sites for hydroxylation is 1. The maximum Gasteiger partial charge on any atom is 0.193 e. The zero-order valence-corrected chi connectivity index (χ0v) is 19.1. The third-order valence-corrected chi connectivity index (χ3v) is 5.37. The predicted molar refractivity (Wildman–Crippen MR) is 123 cm³/mol. The average molecular weight is 501 g/mol. The van der Waals surface area contributed by atoms with Crippen LogP contribution in [0.4, 0.5) is 0 Å². The highest BCUT2D eigenvalue weighted by Crippen LogP contribution is 2.22. The van der Waals surface area contributed by atoms with Gasteiger partial charge in [-0.15, -0.1) is 47.1 Å². The van der Waals surface area contributed by atoms with Crippen LogP contribution in [0, 0.1) is 6.92 Å². The zero-order valence-electron chi connectivity index (χ0n) is 15.2. The lowest BCUT2D eigenvalue weighted by Gasteiger charge is -2.11. The van der Waals surface area contributed by atoms with Crippen LogP contribution >= 0.6 is 47.1 Å². The first kappa shape index (κ1) is 21.0. The Morgan fingerprint density at radius 1 is 1.35 bits per heavy atom. The maximum atomic E-state index is 4.73. The number of hydrogen-bond acceptors (Lipinski definition) is 4. The van der Waals surface area contributed by atoms with Crippen molar-refractivity contribution in [1.82, 2.24) is 20.0 Å². The number of nitrogens with one attached hydrogen (secondary N) is 2. The van der Waals surface area contributed by atoms with Gasteiger partial charge in [-0.05, 0) is 37.3 Å². The van der Waals surface area contributed by atoms with E-state index in [1.54, 1.807) is 23.1 Å². The third-order valence-electron chi connectivity index (χ3n) is 3.77. The Balaban J connectivity index is 0.00000243. The number of fused-ring (bicyclic) bond motifs is 1. The Kier molecular flexibility index (Phi) is 8.23. The molecule has 140 valence electrons. The lowest BCUT2D eigenvalue weighted by Crippen LogP contribution is -2.36. The summed E-state index contributed by atoms with van der Waals surface area (Å²) in [5.74, 6) is 0.812. The molecule has 0 atom stereocenters. The van der Waals surface area contributed by atoms with E-state index in [0.29, 0.717) is 13.1 Å². The van der Waals surface area contributed by atoms with E-state index in [2.05, 4.69) is 53.9 Å². The minimum atomic E-state index is 0. The molecular formula is C18H24IN5S2. The molecule has 0 bridgehead atoms. The van der Waals surface area contributed by atoms with Crippen molar-refractivity contribution in [3.8, 4) is 0 Å². The molecule has 2 heterocycles. The molecule has 2 aromatic heterocycles. The summed E-state index contributed by atoms with van der Waals surface area (Å²) in [6.07, 6.45) is 6.18. The molecule has 0 aliphatic carbocycles. The lowest BCUT2D eigenvalue weighted by molar-refractivity contribution is 0.802. The van der Waals surface area contributed by atoms with Crippen LogP contribution in [0.25, 0.3) is 4.96 Å². The molecule has 0 saturated carbocycles. The zero-order chi connectivity index (χ0) is 17.6. The quantitative estimate of drug-likeness (QED) is 0.229. The highest BCUT2D eigenvalue weighted by Gasteiger charge is 2.05.